The maximum Gasteiger partial charge on any atom is 0.0642 e. The van der Waals surface area contributed by atoms with E-state index in [1.807, 2.05) is 25.2 Å². The van der Waals surface area contributed by atoms with Crippen LogP contribution in [-0.2, 0) is 11.3 Å². The second-order valence-electron chi connectivity index (χ2n) is 5.57. The van der Waals surface area contributed by atoms with Crippen molar-refractivity contribution < 1.29 is 4.74 Å². The quantitative estimate of drug-likeness (QED) is 0.893. The highest BCUT2D eigenvalue weighted by Gasteiger charge is 2.17. The molecule has 0 amide bonds. The van der Waals surface area contributed by atoms with E-state index in [0.29, 0.717) is 10.0 Å². The number of morpholine rings is 1. The average Bonchev–Trinajstić information content (AvgIpc) is 2.57. The van der Waals surface area contributed by atoms with E-state index in [0.717, 1.165) is 44.0 Å². The van der Waals surface area contributed by atoms with E-state index in [2.05, 4.69) is 28.4 Å². The van der Waals surface area contributed by atoms with Crippen LogP contribution in [0.4, 0.5) is 5.69 Å². The Bertz CT molecular complexity index is 664. The molecule has 2 aromatic carbocycles. The van der Waals surface area contributed by atoms with Crippen molar-refractivity contribution in [3.63, 3.8) is 0 Å². The summed E-state index contributed by atoms with van der Waals surface area (Å²) in [5, 5.41) is 4.58. The predicted octanol–water partition coefficient (Wildman–Crippen LogP) is 4.22. The van der Waals surface area contributed by atoms with E-state index in [4.69, 9.17) is 27.9 Å². The van der Waals surface area contributed by atoms with Crippen molar-refractivity contribution in [3.05, 3.63) is 52.0 Å². The predicted molar refractivity (Wildman–Crippen MR) is 97.7 cm³/mol. The van der Waals surface area contributed by atoms with E-state index in [1.165, 1.54) is 11.3 Å². The van der Waals surface area contributed by atoms with E-state index in [1.54, 1.807) is 0 Å². The van der Waals surface area contributed by atoms with Gasteiger partial charge in [0, 0.05) is 40.9 Å². The minimum Gasteiger partial charge on any atom is -0.378 e. The molecule has 2 aromatic rings. The number of benzene rings is 2. The third-order valence-electron chi connectivity index (χ3n) is 4.06. The van der Waals surface area contributed by atoms with Gasteiger partial charge in [0.2, 0.25) is 0 Å². The molecule has 0 saturated carbocycles. The molecule has 1 heterocycles. The largest absolute Gasteiger partial charge is 0.378 e. The first-order valence-electron chi connectivity index (χ1n) is 7.75. The molecule has 1 aliphatic rings. The van der Waals surface area contributed by atoms with Crippen LogP contribution in [0.3, 0.4) is 0 Å². The monoisotopic (exact) mass is 350 g/mol. The number of hydrogen-bond acceptors (Lipinski definition) is 3. The Balaban J connectivity index is 2.06. The zero-order chi connectivity index (χ0) is 16.2. The molecule has 1 saturated heterocycles. The molecular formula is C18H20Cl2N2O. The van der Waals surface area contributed by atoms with Crippen molar-refractivity contribution in [3.8, 4) is 11.1 Å². The molecule has 3 rings (SSSR count). The third kappa shape index (κ3) is 3.64. The van der Waals surface area contributed by atoms with Gasteiger partial charge in [-0.15, -0.1) is 0 Å². The highest BCUT2D eigenvalue weighted by molar-refractivity contribution is 6.39. The van der Waals surface area contributed by atoms with Crippen molar-refractivity contribution in [2.75, 3.05) is 38.3 Å². The second-order valence-corrected chi connectivity index (χ2v) is 6.38. The van der Waals surface area contributed by atoms with Gasteiger partial charge in [0.25, 0.3) is 0 Å². The summed E-state index contributed by atoms with van der Waals surface area (Å²) >= 11 is 12.7. The molecule has 122 valence electrons. The van der Waals surface area contributed by atoms with Gasteiger partial charge in [0.1, 0.15) is 0 Å². The van der Waals surface area contributed by atoms with Crippen LogP contribution < -0.4 is 10.2 Å². The lowest BCUT2D eigenvalue weighted by Crippen LogP contribution is -2.37. The Kier molecular flexibility index (Phi) is 5.44. The number of halogens is 2. The topological polar surface area (TPSA) is 24.5 Å². The third-order valence-corrected chi connectivity index (χ3v) is 4.69. The minimum absolute atomic E-state index is 0.673. The number of ether oxygens (including phenoxy) is 1. The number of rotatable bonds is 4. The lowest BCUT2D eigenvalue weighted by atomic mass is 10.0. The highest BCUT2D eigenvalue weighted by atomic mass is 35.5. The summed E-state index contributed by atoms with van der Waals surface area (Å²) in [6.45, 7) is 4.14. The van der Waals surface area contributed by atoms with E-state index in [9.17, 15) is 0 Å². The van der Waals surface area contributed by atoms with Crippen molar-refractivity contribution >= 4 is 28.9 Å². The van der Waals surface area contributed by atoms with Crippen LogP contribution in [-0.4, -0.2) is 33.4 Å². The van der Waals surface area contributed by atoms with Crippen molar-refractivity contribution in [2.24, 2.45) is 0 Å². The van der Waals surface area contributed by atoms with Gasteiger partial charge in [-0.2, -0.15) is 0 Å². The van der Waals surface area contributed by atoms with Crippen LogP contribution in [0.5, 0.6) is 0 Å². The summed E-state index contributed by atoms with van der Waals surface area (Å²) in [4.78, 5) is 2.37. The van der Waals surface area contributed by atoms with E-state index >= 15 is 0 Å². The molecule has 0 atom stereocenters. The molecule has 1 N–H and O–H groups in total. The van der Waals surface area contributed by atoms with Gasteiger partial charge < -0.3 is 15.0 Å². The van der Waals surface area contributed by atoms with Crippen molar-refractivity contribution in [2.45, 2.75) is 6.54 Å². The summed E-state index contributed by atoms with van der Waals surface area (Å²) in [6, 6.07) is 12.0. The van der Waals surface area contributed by atoms with Gasteiger partial charge in [-0.3, -0.25) is 0 Å². The fraction of sp³-hybridized carbons (Fsp3) is 0.333. The maximum absolute atomic E-state index is 6.37. The minimum atomic E-state index is 0.673. The van der Waals surface area contributed by atoms with Gasteiger partial charge in [0.15, 0.2) is 0 Å². The number of nitrogens with zero attached hydrogens (tertiary/aromatic N) is 1. The fourth-order valence-electron chi connectivity index (χ4n) is 2.93. The molecule has 1 aliphatic heterocycles. The first-order chi connectivity index (χ1) is 11.2. The molecule has 0 aliphatic carbocycles. The molecular weight excluding hydrogens is 331 g/mol. The number of anilines is 1. The zero-order valence-electron chi connectivity index (χ0n) is 13.1. The van der Waals surface area contributed by atoms with Crippen LogP contribution in [0.2, 0.25) is 10.0 Å². The van der Waals surface area contributed by atoms with Crippen molar-refractivity contribution in [1.82, 2.24) is 5.32 Å². The lowest BCUT2D eigenvalue weighted by Gasteiger charge is -2.31. The van der Waals surface area contributed by atoms with E-state index in [-0.39, 0.29) is 0 Å². The summed E-state index contributed by atoms with van der Waals surface area (Å²) in [5.41, 5.74) is 4.42. The summed E-state index contributed by atoms with van der Waals surface area (Å²) in [7, 11) is 1.96. The molecule has 3 nitrogen and oxygen atoms in total. The van der Waals surface area contributed by atoms with Crippen LogP contribution in [0.15, 0.2) is 36.4 Å². The number of nitrogens with one attached hydrogen (secondary N) is 1. The normalized spacial score (nSPS) is 15.0. The SMILES string of the molecule is CNCc1ccc(-c2c(Cl)cccc2Cl)cc1N1CCOCC1. The van der Waals surface area contributed by atoms with Gasteiger partial charge in [-0.25, -0.2) is 0 Å². The summed E-state index contributed by atoms with van der Waals surface area (Å²) in [5.74, 6) is 0. The molecule has 23 heavy (non-hydrogen) atoms. The van der Waals surface area contributed by atoms with Gasteiger partial charge in [0.05, 0.1) is 13.2 Å². The Morgan fingerprint density at radius 3 is 2.43 bits per heavy atom. The molecule has 0 radical (unpaired) electrons. The zero-order valence-corrected chi connectivity index (χ0v) is 14.6. The average molecular weight is 351 g/mol. The van der Waals surface area contributed by atoms with Gasteiger partial charge in [-0.05, 0) is 36.4 Å². The summed E-state index contributed by atoms with van der Waals surface area (Å²) < 4.78 is 5.47. The van der Waals surface area contributed by atoms with Gasteiger partial charge >= 0.3 is 0 Å². The summed E-state index contributed by atoms with van der Waals surface area (Å²) in [6.07, 6.45) is 0. The Labute approximate surface area is 147 Å². The van der Waals surface area contributed by atoms with E-state index < -0.39 is 0 Å². The fourth-order valence-corrected chi connectivity index (χ4v) is 3.55. The van der Waals surface area contributed by atoms with Crippen LogP contribution >= 0.6 is 23.2 Å². The number of hydrogen-bond donors (Lipinski definition) is 1. The Hall–Kier alpha value is -1.26. The molecule has 5 heteroatoms. The van der Waals surface area contributed by atoms with Crippen LogP contribution in [0, 0.1) is 0 Å². The van der Waals surface area contributed by atoms with Crippen LogP contribution in [0.1, 0.15) is 5.56 Å². The molecule has 1 fully saturated rings. The smallest absolute Gasteiger partial charge is 0.0642 e. The second kappa shape index (κ2) is 7.54. The lowest BCUT2D eigenvalue weighted by molar-refractivity contribution is 0.122. The molecule has 0 unspecified atom stereocenters. The molecule has 0 aromatic heterocycles. The standard InChI is InChI=1S/C18H20Cl2N2O/c1-21-12-14-6-5-13(18-15(19)3-2-4-16(18)20)11-17(14)22-7-9-23-10-8-22/h2-6,11,21H,7-10,12H2,1H3. The molecule has 0 bridgehead atoms. The first kappa shape index (κ1) is 16.6. The van der Waals surface area contributed by atoms with Crippen molar-refractivity contribution in [1.29, 1.82) is 0 Å². The Morgan fingerprint density at radius 1 is 1.09 bits per heavy atom. The maximum atomic E-state index is 6.37. The highest BCUT2D eigenvalue weighted by Crippen LogP contribution is 2.37. The molecule has 0 spiro atoms. The first-order valence-corrected chi connectivity index (χ1v) is 8.51. The Morgan fingerprint density at radius 2 is 1.78 bits per heavy atom. The van der Waals surface area contributed by atoms with Gasteiger partial charge in [-0.1, -0.05) is 41.4 Å². The van der Waals surface area contributed by atoms with Crippen LogP contribution in [0.25, 0.3) is 11.1 Å².